The molecule has 0 aromatic heterocycles. The molecule has 78 valence electrons. The van der Waals surface area contributed by atoms with Gasteiger partial charge in [0.2, 0.25) is 0 Å². The molecule has 14 heavy (non-hydrogen) atoms. The van der Waals surface area contributed by atoms with Gasteiger partial charge in [-0.3, -0.25) is 9.59 Å². The maximum absolute atomic E-state index is 11.3. The summed E-state index contributed by atoms with van der Waals surface area (Å²) < 4.78 is 4.36. The largest absolute Gasteiger partial charge is 0.468 e. The van der Waals surface area contributed by atoms with E-state index in [0.717, 1.165) is 0 Å². The van der Waals surface area contributed by atoms with Crippen molar-refractivity contribution in [3.05, 3.63) is 11.1 Å². The first-order valence-electron chi connectivity index (χ1n) is 3.86. The number of esters is 1. The number of carbonyl (C=O) groups excluding carboxylic acids is 2. The monoisotopic (exact) mass is 217 g/mol. The number of rotatable bonds is 3. The van der Waals surface area contributed by atoms with Gasteiger partial charge in [0.25, 0.3) is 5.91 Å². The smallest absolute Gasteiger partial charge is 0.325 e. The first kappa shape index (κ1) is 10.9. The van der Waals surface area contributed by atoms with E-state index in [1.165, 1.54) is 18.9 Å². The molecule has 1 heterocycles. The van der Waals surface area contributed by atoms with Crippen LogP contribution in [0.25, 0.3) is 0 Å². The first-order valence-corrected chi connectivity index (χ1v) is 4.80. The molecule has 0 aromatic carbocycles. The van der Waals surface area contributed by atoms with Crippen LogP contribution in [0.3, 0.4) is 0 Å². The number of hydrogen-bond donors (Lipinski definition) is 3. The second-order valence-electron chi connectivity index (χ2n) is 2.49. The van der Waals surface area contributed by atoms with E-state index in [4.69, 9.17) is 5.73 Å². The summed E-state index contributed by atoms with van der Waals surface area (Å²) in [6.07, 6.45) is 0. The van der Waals surface area contributed by atoms with Crippen molar-refractivity contribution < 1.29 is 14.3 Å². The Balaban J connectivity index is 2.32. The van der Waals surface area contributed by atoms with Crippen molar-refractivity contribution in [1.82, 2.24) is 10.6 Å². The molecule has 7 heteroatoms. The lowest BCUT2D eigenvalue weighted by Gasteiger charge is -2.07. The molecule has 4 N–H and O–H groups in total. The van der Waals surface area contributed by atoms with Gasteiger partial charge in [0.1, 0.15) is 17.7 Å². The standard InChI is InChI=1S/C7H11N3O3S/c1-13-5(11)2-9-6(12)4-3-14-7(8)10-4/h3,7,10H,2,8H2,1H3,(H,9,12). The Kier molecular flexibility index (Phi) is 3.78. The van der Waals surface area contributed by atoms with E-state index < -0.39 is 5.97 Å². The number of nitrogens with one attached hydrogen (secondary N) is 2. The van der Waals surface area contributed by atoms with E-state index in [0.29, 0.717) is 5.70 Å². The minimum absolute atomic E-state index is 0.145. The molecule has 0 bridgehead atoms. The van der Waals surface area contributed by atoms with Crippen LogP contribution in [0.4, 0.5) is 0 Å². The Bertz CT molecular complexity index is 279. The zero-order valence-corrected chi connectivity index (χ0v) is 8.39. The van der Waals surface area contributed by atoms with Crippen molar-refractivity contribution in [3.63, 3.8) is 0 Å². The second kappa shape index (κ2) is 4.87. The Hall–Kier alpha value is -1.21. The fourth-order valence-corrected chi connectivity index (χ4v) is 1.45. The Morgan fingerprint density at radius 2 is 2.50 bits per heavy atom. The predicted octanol–water partition coefficient (Wildman–Crippen LogP) is -1.30. The van der Waals surface area contributed by atoms with Gasteiger partial charge in [-0.25, -0.2) is 0 Å². The van der Waals surface area contributed by atoms with E-state index in [9.17, 15) is 9.59 Å². The van der Waals surface area contributed by atoms with Gasteiger partial charge < -0.3 is 21.1 Å². The zero-order chi connectivity index (χ0) is 10.6. The highest BCUT2D eigenvalue weighted by Crippen LogP contribution is 2.16. The van der Waals surface area contributed by atoms with Gasteiger partial charge in [0, 0.05) is 5.41 Å². The van der Waals surface area contributed by atoms with Gasteiger partial charge in [0.15, 0.2) is 0 Å². The fourth-order valence-electron chi connectivity index (χ4n) is 0.802. The van der Waals surface area contributed by atoms with Crippen LogP contribution in [0.15, 0.2) is 11.1 Å². The van der Waals surface area contributed by atoms with Crippen LogP contribution in [0.5, 0.6) is 0 Å². The third kappa shape index (κ3) is 2.93. The molecule has 0 aliphatic carbocycles. The van der Waals surface area contributed by atoms with Crippen molar-refractivity contribution in [1.29, 1.82) is 0 Å². The second-order valence-corrected chi connectivity index (χ2v) is 3.51. The summed E-state index contributed by atoms with van der Waals surface area (Å²) in [4.78, 5) is 22.0. The zero-order valence-electron chi connectivity index (χ0n) is 7.57. The lowest BCUT2D eigenvalue weighted by atomic mass is 10.4. The Morgan fingerprint density at radius 3 is 3.00 bits per heavy atom. The van der Waals surface area contributed by atoms with E-state index in [-0.39, 0.29) is 17.9 Å². The molecule has 1 rings (SSSR count). The molecular weight excluding hydrogens is 206 g/mol. The quantitative estimate of drug-likeness (QED) is 0.508. The number of carbonyl (C=O) groups is 2. The molecule has 0 aromatic rings. The summed E-state index contributed by atoms with van der Waals surface area (Å²) in [5, 5.41) is 6.72. The summed E-state index contributed by atoms with van der Waals surface area (Å²) in [7, 11) is 1.26. The summed E-state index contributed by atoms with van der Waals surface area (Å²) in [5.41, 5.74) is 5.54. The fraction of sp³-hybridized carbons (Fsp3) is 0.429. The molecule has 6 nitrogen and oxygen atoms in total. The van der Waals surface area contributed by atoms with Gasteiger partial charge in [-0.2, -0.15) is 0 Å². The molecule has 1 aliphatic heterocycles. The van der Waals surface area contributed by atoms with Crippen LogP contribution in [-0.4, -0.2) is 31.0 Å². The highest BCUT2D eigenvalue weighted by Gasteiger charge is 2.18. The third-order valence-electron chi connectivity index (χ3n) is 1.50. The van der Waals surface area contributed by atoms with Gasteiger partial charge >= 0.3 is 5.97 Å². The molecule has 0 fully saturated rings. The maximum atomic E-state index is 11.3. The van der Waals surface area contributed by atoms with Crippen molar-refractivity contribution in [2.75, 3.05) is 13.7 Å². The number of amides is 1. The Morgan fingerprint density at radius 1 is 1.79 bits per heavy atom. The average molecular weight is 217 g/mol. The van der Waals surface area contributed by atoms with Crippen LogP contribution >= 0.6 is 11.8 Å². The number of hydrogen-bond acceptors (Lipinski definition) is 6. The lowest BCUT2D eigenvalue weighted by Crippen LogP contribution is -2.38. The van der Waals surface area contributed by atoms with Crippen LogP contribution in [0.2, 0.25) is 0 Å². The number of thioether (sulfide) groups is 1. The van der Waals surface area contributed by atoms with Crippen LogP contribution in [0, 0.1) is 0 Å². The van der Waals surface area contributed by atoms with E-state index in [2.05, 4.69) is 15.4 Å². The average Bonchev–Trinajstić information content (AvgIpc) is 2.60. The van der Waals surface area contributed by atoms with Crippen LogP contribution < -0.4 is 16.4 Å². The van der Waals surface area contributed by atoms with Crippen molar-refractivity contribution in [2.24, 2.45) is 5.73 Å². The number of ether oxygens (including phenoxy) is 1. The third-order valence-corrected chi connectivity index (χ3v) is 2.28. The molecule has 1 atom stereocenters. The van der Waals surface area contributed by atoms with Crippen molar-refractivity contribution >= 4 is 23.6 Å². The van der Waals surface area contributed by atoms with Gasteiger partial charge in [0.05, 0.1) is 7.11 Å². The minimum Gasteiger partial charge on any atom is -0.468 e. The lowest BCUT2D eigenvalue weighted by molar-refractivity contribution is -0.140. The van der Waals surface area contributed by atoms with Crippen LogP contribution in [0.1, 0.15) is 0 Å². The molecule has 0 spiro atoms. The minimum atomic E-state index is -0.492. The molecular formula is C7H11N3O3S. The van der Waals surface area contributed by atoms with E-state index in [1.807, 2.05) is 0 Å². The molecule has 1 amide bonds. The van der Waals surface area contributed by atoms with Gasteiger partial charge in [-0.15, -0.1) is 0 Å². The van der Waals surface area contributed by atoms with Crippen LogP contribution in [-0.2, 0) is 14.3 Å². The number of nitrogens with two attached hydrogens (primary N) is 1. The summed E-state index contributed by atoms with van der Waals surface area (Å²) in [5.74, 6) is -0.857. The highest BCUT2D eigenvalue weighted by molar-refractivity contribution is 8.02. The SMILES string of the molecule is COC(=O)CNC(=O)C1=CSC(N)N1. The van der Waals surface area contributed by atoms with Gasteiger partial charge in [-0.05, 0) is 0 Å². The molecule has 0 saturated carbocycles. The van der Waals surface area contributed by atoms with E-state index in [1.54, 1.807) is 5.41 Å². The predicted molar refractivity (Wildman–Crippen MR) is 51.8 cm³/mol. The van der Waals surface area contributed by atoms with Gasteiger partial charge in [-0.1, -0.05) is 11.8 Å². The highest BCUT2D eigenvalue weighted by atomic mass is 32.2. The van der Waals surface area contributed by atoms with E-state index >= 15 is 0 Å². The molecule has 0 saturated heterocycles. The normalized spacial score (nSPS) is 19.6. The Labute approximate surface area is 85.2 Å². The topological polar surface area (TPSA) is 93.5 Å². The molecule has 0 radical (unpaired) electrons. The first-order chi connectivity index (χ1) is 6.63. The summed E-state index contributed by atoms with van der Waals surface area (Å²) in [6, 6.07) is 0. The molecule has 1 aliphatic rings. The van der Waals surface area contributed by atoms with Crippen molar-refractivity contribution in [2.45, 2.75) is 5.50 Å². The summed E-state index contributed by atoms with van der Waals surface area (Å²) in [6.45, 7) is -0.145. The summed E-state index contributed by atoms with van der Waals surface area (Å²) >= 11 is 1.30. The molecule has 1 unspecified atom stereocenters. The van der Waals surface area contributed by atoms with Crippen molar-refractivity contribution in [3.8, 4) is 0 Å². The number of methoxy groups -OCH3 is 1. The maximum Gasteiger partial charge on any atom is 0.325 e.